The zero-order valence-electron chi connectivity index (χ0n) is 7.20. The number of aliphatic hydroxyl groups excluding tert-OH is 1. The molecule has 1 rings (SSSR count). The van der Waals surface area contributed by atoms with Crippen molar-refractivity contribution in [1.82, 2.24) is 4.98 Å². The van der Waals surface area contributed by atoms with Gasteiger partial charge >= 0.3 is 0 Å². The second-order valence-corrected chi connectivity index (χ2v) is 2.94. The van der Waals surface area contributed by atoms with Crippen molar-refractivity contribution in [3.05, 3.63) is 22.8 Å². The lowest BCUT2D eigenvalue weighted by atomic mass is 10.1. The number of hydrogen-bond donors (Lipinski definition) is 2. The van der Waals surface area contributed by atoms with Gasteiger partial charge in [0.1, 0.15) is 0 Å². The van der Waals surface area contributed by atoms with Crippen molar-refractivity contribution in [2.24, 2.45) is 5.73 Å². The van der Waals surface area contributed by atoms with Crippen LogP contribution in [-0.2, 0) is 0 Å². The number of methoxy groups -OCH3 is 1. The molecule has 1 atom stereocenters. The zero-order valence-corrected chi connectivity index (χ0v) is 7.95. The molecule has 0 amide bonds. The van der Waals surface area contributed by atoms with E-state index < -0.39 is 6.04 Å². The summed E-state index contributed by atoms with van der Waals surface area (Å²) in [6.45, 7) is -0.160. The van der Waals surface area contributed by atoms with E-state index in [-0.39, 0.29) is 6.61 Å². The monoisotopic (exact) mass is 202 g/mol. The van der Waals surface area contributed by atoms with Crippen LogP contribution < -0.4 is 10.5 Å². The van der Waals surface area contributed by atoms with Gasteiger partial charge < -0.3 is 15.6 Å². The van der Waals surface area contributed by atoms with E-state index >= 15 is 0 Å². The van der Waals surface area contributed by atoms with Gasteiger partial charge in [0.05, 0.1) is 24.8 Å². The summed E-state index contributed by atoms with van der Waals surface area (Å²) < 4.78 is 4.90. The maximum absolute atomic E-state index is 8.83. The van der Waals surface area contributed by atoms with Crippen LogP contribution >= 0.6 is 11.6 Å². The van der Waals surface area contributed by atoms with E-state index in [9.17, 15) is 0 Å². The molecule has 1 heterocycles. The predicted octanol–water partition coefficient (Wildman–Crippen LogP) is 0.736. The summed E-state index contributed by atoms with van der Waals surface area (Å²) in [7, 11) is 1.50. The van der Waals surface area contributed by atoms with Gasteiger partial charge in [-0.05, 0) is 5.56 Å². The van der Waals surface area contributed by atoms with Gasteiger partial charge in [-0.25, -0.2) is 4.98 Å². The highest BCUT2D eigenvalue weighted by molar-refractivity contribution is 6.31. The molecule has 3 N–H and O–H groups in total. The van der Waals surface area contributed by atoms with Crippen molar-refractivity contribution in [3.8, 4) is 5.88 Å². The fourth-order valence-corrected chi connectivity index (χ4v) is 1.17. The topological polar surface area (TPSA) is 68.4 Å². The molecule has 72 valence electrons. The van der Waals surface area contributed by atoms with Crippen molar-refractivity contribution < 1.29 is 9.84 Å². The quantitative estimate of drug-likeness (QED) is 0.759. The Balaban J connectivity index is 3.03. The lowest BCUT2D eigenvalue weighted by molar-refractivity contribution is 0.267. The van der Waals surface area contributed by atoms with Crippen molar-refractivity contribution >= 4 is 11.6 Å². The molecule has 0 bridgehead atoms. The van der Waals surface area contributed by atoms with E-state index in [2.05, 4.69) is 4.98 Å². The molecule has 0 aliphatic rings. The summed E-state index contributed by atoms with van der Waals surface area (Å²) in [4.78, 5) is 3.88. The highest BCUT2D eigenvalue weighted by Crippen LogP contribution is 2.23. The predicted molar refractivity (Wildman–Crippen MR) is 49.8 cm³/mol. The van der Waals surface area contributed by atoms with Gasteiger partial charge in [-0.15, -0.1) is 0 Å². The number of aliphatic hydroxyl groups is 1. The van der Waals surface area contributed by atoms with Gasteiger partial charge in [0.25, 0.3) is 0 Å². The first-order chi connectivity index (χ1) is 6.19. The number of nitrogens with zero attached hydrogens (tertiary/aromatic N) is 1. The molecule has 4 nitrogen and oxygen atoms in total. The van der Waals surface area contributed by atoms with Crippen molar-refractivity contribution in [3.63, 3.8) is 0 Å². The maximum atomic E-state index is 8.83. The van der Waals surface area contributed by atoms with Gasteiger partial charge in [-0.1, -0.05) is 11.6 Å². The van der Waals surface area contributed by atoms with Crippen LogP contribution in [0.2, 0.25) is 5.02 Å². The van der Waals surface area contributed by atoms with Crippen molar-refractivity contribution in [2.75, 3.05) is 13.7 Å². The number of nitrogens with two attached hydrogens (primary N) is 1. The van der Waals surface area contributed by atoms with Crippen molar-refractivity contribution in [2.45, 2.75) is 6.04 Å². The molecule has 0 spiro atoms. The summed E-state index contributed by atoms with van der Waals surface area (Å²) >= 11 is 5.82. The van der Waals surface area contributed by atoms with E-state index in [4.69, 9.17) is 27.2 Å². The minimum Gasteiger partial charge on any atom is -0.481 e. The van der Waals surface area contributed by atoms with Crippen LogP contribution in [0.25, 0.3) is 0 Å². The Hall–Kier alpha value is -0.840. The molecule has 13 heavy (non-hydrogen) atoms. The van der Waals surface area contributed by atoms with Gasteiger partial charge in [0.2, 0.25) is 5.88 Å². The van der Waals surface area contributed by atoms with Crippen LogP contribution in [0.1, 0.15) is 11.6 Å². The number of pyridine rings is 1. The first kappa shape index (κ1) is 10.2. The van der Waals surface area contributed by atoms with E-state index in [0.29, 0.717) is 16.5 Å². The molecule has 0 aliphatic heterocycles. The molecule has 0 saturated heterocycles. The first-order valence-corrected chi connectivity index (χ1v) is 4.12. The summed E-state index contributed by atoms with van der Waals surface area (Å²) in [5, 5.41) is 9.26. The average Bonchev–Trinajstić information content (AvgIpc) is 2.17. The van der Waals surface area contributed by atoms with Crippen LogP contribution in [0.5, 0.6) is 5.88 Å². The smallest absolute Gasteiger partial charge is 0.213 e. The Morgan fingerprint density at radius 3 is 3.00 bits per heavy atom. The van der Waals surface area contributed by atoms with Crippen LogP contribution in [0.4, 0.5) is 0 Å². The van der Waals surface area contributed by atoms with E-state index in [1.165, 1.54) is 13.3 Å². The third-order valence-corrected chi connectivity index (χ3v) is 1.98. The molecule has 5 heteroatoms. The Morgan fingerprint density at radius 2 is 2.46 bits per heavy atom. The van der Waals surface area contributed by atoms with Gasteiger partial charge in [0.15, 0.2) is 0 Å². The second-order valence-electron chi connectivity index (χ2n) is 2.54. The second kappa shape index (κ2) is 4.41. The zero-order chi connectivity index (χ0) is 9.84. The molecule has 0 aliphatic carbocycles. The number of hydrogen-bond acceptors (Lipinski definition) is 4. The molecular formula is C8H11ClN2O2. The first-order valence-electron chi connectivity index (χ1n) is 3.75. The molecule has 1 aromatic heterocycles. The third-order valence-electron chi connectivity index (χ3n) is 1.67. The molecule has 0 radical (unpaired) electrons. The van der Waals surface area contributed by atoms with E-state index in [1.54, 1.807) is 6.07 Å². The van der Waals surface area contributed by atoms with E-state index in [1.807, 2.05) is 0 Å². The van der Waals surface area contributed by atoms with Crippen LogP contribution in [0, 0.1) is 0 Å². The molecule has 0 aromatic carbocycles. The van der Waals surface area contributed by atoms with Crippen LogP contribution in [0.3, 0.4) is 0 Å². The fraction of sp³-hybridized carbons (Fsp3) is 0.375. The minimum absolute atomic E-state index is 0.160. The van der Waals surface area contributed by atoms with Gasteiger partial charge in [-0.2, -0.15) is 0 Å². The number of halogens is 1. The Kier molecular flexibility index (Phi) is 3.48. The third kappa shape index (κ3) is 2.30. The normalized spacial score (nSPS) is 12.6. The molecule has 1 aromatic rings. The number of aromatic nitrogens is 1. The highest BCUT2D eigenvalue weighted by atomic mass is 35.5. The molecular weight excluding hydrogens is 192 g/mol. The summed E-state index contributed by atoms with van der Waals surface area (Å²) in [5.41, 5.74) is 6.24. The largest absolute Gasteiger partial charge is 0.481 e. The summed E-state index contributed by atoms with van der Waals surface area (Å²) in [5.74, 6) is 0.434. The Bertz CT molecular complexity index is 293. The lowest BCUT2D eigenvalue weighted by Gasteiger charge is -2.10. The fourth-order valence-electron chi connectivity index (χ4n) is 0.928. The number of ether oxygens (including phenoxy) is 1. The Morgan fingerprint density at radius 1 is 1.77 bits per heavy atom. The van der Waals surface area contributed by atoms with Crippen molar-refractivity contribution in [1.29, 1.82) is 0 Å². The van der Waals surface area contributed by atoms with Crippen LogP contribution in [0.15, 0.2) is 12.3 Å². The molecule has 0 fully saturated rings. The maximum Gasteiger partial charge on any atom is 0.213 e. The Labute approximate surface area is 81.3 Å². The molecule has 1 unspecified atom stereocenters. The highest BCUT2D eigenvalue weighted by Gasteiger charge is 2.10. The minimum atomic E-state index is -0.496. The lowest BCUT2D eigenvalue weighted by Crippen LogP contribution is -2.15. The van der Waals surface area contributed by atoms with Crippen LogP contribution in [-0.4, -0.2) is 23.8 Å². The average molecular weight is 203 g/mol. The van der Waals surface area contributed by atoms with E-state index in [0.717, 1.165) is 0 Å². The van der Waals surface area contributed by atoms with Gasteiger partial charge in [0, 0.05) is 12.3 Å². The molecule has 0 saturated carbocycles. The summed E-state index contributed by atoms with van der Waals surface area (Å²) in [6, 6.07) is 1.12. The SMILES string of the molecule is COc1cc(C(N)CO)c(Cl)cn1. The standard InChI is InChI=1S/C8H11ClN2O2/c1-13-8-2-5(7(10)4-12)6(9)3-11-8/h2-3,7,12H,4,10H2,1H3. The summed E-state index contributed by atoms with van der Waals surface area (Å²) in [6.07, 6.45) is 1.45. The van der Waals surface area contributed by atoms with Gasteiger partial charge in [-0.3, -0.25) is 0 Å². The number of rotatable bonds is 3.